The van der Waals surface area contributed by atoms with Crippen LogP contribution in [0.2, 0.25) is 0 Å². The molecular formula is C15H18N6S. The zero-order chi connectivity index (χ0) is 15.1. The Morgan fingerprint density at radius 3 is 3.00 bits per heavy atom. The Hall–Kier alpha value is -2.02. The minimum Gasteiger partial charge on any atom is -0.354 e. The fraction of sp³-hybridized carbons (Fsp3) is 0.467. The maximum absolute atomic E-state index is 4.75. The third kappa shape index (κ3) is 2.35. The molecule has 0 amide bonds. The van der Waals surface area contributed by atoms with E-state index in [1.54, 1.807) is 10.8 Å². The van der Waals surface area contributed by atoms with Gasteiger partial charge in [-0.15, -0.1) is 26.6 Å². The van der Waals surface area contributed by atoms with Crippen molar-refractivity contribution >= 4 is 22.8 Å². The molecule has 0 radical (unpaired) electrons. The van der Waals surface area contributed by atoms with Crippen LogP contribution >= 0.6 is 11.3 Å². The van der Waals surface area contributed by atoms with Gasteiger partial charge in [0.2, 0.25) is 0 Å². The van der Waals surface area contributed by atoms with Crippen LogP contribution < -0.4 is 4.90 Å². The molecule has 1 saturated heterocycles. The Balaban J connectivity index is 1.59. The first kappa shape index (κ1) is 13.6. The van der Waals surface area contributed by atoms with Crippen LogP contribution in [0, 0.1) is 13.8 Å². The van der Waals surface area contributed by atoms with Crippen LogP contribution in [0.3, 0.4) is 0 Å². The molecule has 114 valence electrons. The summed E-state index contributed by atoms with van der Waals surface area (Å²) in [5.74, 6) is 1.49. The highest BCUT2D eigenvalue weighted by Gasteiger charge is 2.25. The SMILES string of the molecule is Cc1nc(C2CCCN(c3ccc4nncn4n3)C2)sc1C. The van der Waals surface area contributed by atoms with E-state index in [9.17, 15) is 0 Å². The minimum atomic E-state index is 0.504. The molecule has 0 spiro atoms. The average Bonchev–Trinajstić information content (AvgIpc) is 3.14. The second-order valence-corrected chi connectivity index (χ2v) is 7.04. The Kier molecular flexibility index (Phi) is 3.29. The van der Waals surface area contributed by atoms with Crippen molar-refractivity contribution in [3.63, 3.8) is 0 Å². The first-order valence-electron chi connectivity index (χ1n) is 7.56. The van der Waals surface area contributed by atoms with E-state index < -0.39 is 0 Å². The van der Waals surface area contributed by atoms with Crippen molar-refractivity contribution in [3.8, 4) is 0 Å². The van der Waals surface area contributed by atoms with E-state index in [-0.39, 0.29) is 0 Å². The Morgan fingerprint density at radius 2 is 2.18 bits per heavy atom. The predicted octanol–water partition coefficient (Wildman–Crippen LogP) is 2.58. The number of hydrogen-bond donors (Lipinski definition) is 0. The van der Waals surface area contributed by atoms with Gasteiger partial charge in [0.05, 0.1) is 10.7 Å². The van der Waals surface area contributed by atoms with Crippen LogP contribution in [0.15, 0.2) is 18.5 Å². The van der Waals surface area contributed by atoms with Gasteiger partial charge in [-0.2, -0.15) is 4.52 Å². The van der Waals surface area contributed by atoms with Crippen LogP contribution in [0.25, 0.3) is 5.65 Å². The molecule has 0 saturated carbocycles. The maximum Gasteiger partial charge on any atom is 0.177 e. The molecule has 4 heterocycles. The fourth-order valence-corrected chi connectivity index (χ4v) is 3.99. The summed E-state index contributed by atoms with van der Waals surface area (Å²) in [6.45, 7) is 6.27. The summed E-state index contributed by atoms with van der Waals surface area (Å²) < 4.78 is 1.73. The molecule has 1 unspecified atom stereocenters. The van der Waals surface area contributed by atoms with Gasteiger partial charge in [0.25, 0.3) is 0 Å². The molecule has 0 aromatic carbocycles. The molecule has 4 rings (SSSR count). The first-order chi connectivity index (χ1) is 10.7. The highest BCUT2D eigenvalue weighted by molar-refractivity contribution is 7.11. The number of fused-ring (bicyclic) bond motifs is 1. The zero-order valence-corrected chi connectivity index (χ0v) is 13.5. The lowest BCUT2D eigenvalue weighted by Gasteiger charge is -2.32. The number of aromatic nitrogens is 5. The van der Waals surface area contributed by atoms with Gasteiger partial charge in [-0.1, -0.05) is 0 Å². The Bertz CT molecular complexity index is 788. The van der Waals surface area contributed by atoms with Crippen LogP contribution in [0.4, 0.5) is 5.82 Å². The van der Waals surface area contributed by atoms with Crippen molar-refractivity contribution in [3.05, 3.63) is 34.0 Å². The Labute approximate surface area is 132 Å². The van der Waals surface area contributed by atoms with Gasteiger partial charge >= 0.3 is 0 Å². The number of rotatable bonds is 2. The normalized spacial score (nSPS) is 19.0. The van der Waals surface area contributed by atoms with Crippen LogP contribution in [-0.4, -0.2) is 37.9 Å². The molecule has 1 fully saturated rings. The monoisotopic (exact) mass is 314 g/mol. The summed E-state index contributed by atoms with van der Waals surface area (Å²) in [7, 11) is 0. The lowest BCUT2D eigenvalue weighted by Crippen LogP contribution is -2.35. The molecule has 1 aliphatic rings. The highest BCUT2D eigenvalue weighted by Crippen LogP contribution is 2.32. The van der Waals surface area contributed by atoms with E-state index in [4.69, 9.17) is 4.98 Å². The van der Waals surface area contributed by atoms with E-state index in [0.29, 0.717) is 5.92 Å². The van der Waals surface area contributed by atoms with E-state index in [1.807, 2.05) is 23.5 Å². The lowest BCUT2D eigenvalue weighted by molar-refractivity contribution is 0.503. The lowest BCUT2D eigenvalue weighted by atomic mass is 9.99. The molecule has 7 heteroatoms. The number of hydrogen-bond acceptors (Lipinski definition) is 6. The quantitative estimate of drug-likeness (QED) is 0.727. The number of piperidine rings is 1. The predicted molar refractivity (Wildman–Crippen MR) is 86.6 cm³/mol. The van der Waals surface area contributed by atoms with Crippen molar-refractivity contribution in [1.29, 1.82) is 0 Å². The number of nitrogens with zero attached hydrogens (tertiary/aromatic N) is 6. The smallest absolute Gasteiger partial charge is 0.177 e. The summed E-state index contributed by atoms with van der Waals surface area (Å²) in [6, 6.07) is 4.00. The van der Waals surface area contributed by atoms with Crippen molar-refractivity contribution in [2.75, 3.05) is 18.0 Å². The summed E-state index contributed by atoms with van der Waals surface area (Å²) in [4.78, 5) is 8.43. The van der Waals surface area contributed by atoms with Gasteiger partial charge in [-0.25, -0.2) is 4.98 Å². The molecule has 1 aliphatic heterocycles. The van der Waals surface area contributed by atoms with Crippen LogP contribution in [0.1, 0.15) is 34.3 Å². The van der Waals surface area contributed by atoms with Gasteiger partial charge in [0, 0.05) is 23.9 Å². The van der Waals surface area contributed by atoms with Crippen molar-refractivity contribution < 1.29 is 0 Å². The van der Waals surface area contributed by atoms with Gasteiger partial charge in [0.1, 0.15) is 12.1 Å². The third-order valence-corrected chi connectivity index (χ3v) is 5.52. The second kappa shape index (κ2) is 5.31. The van der Waals surface area contributed by atoms with E-state index >= 15 is 0 Å². The van der Waals surface area contributed by atoms with Crippen molar-refractivity contribution in [2.24, 2.45) is 0 Å². The van der Waals surface area contributed by atoms with Gasteiger partial charge in [0.15, 0.2) is 5.65 Å². The fourth-order valence-electron chi connectivity index (χ4n) is 2.95. The summed E-state index contributed by atoms with van der Waals surface area (Å²) in [6.07, 6.45) is 4.02. The van der Waals surface area contributed by atoms with Crippen LogP contribution in [-0.2, 0) is 0 Å². The molecule has 22 heavy (non-hydrogen) atoms. The highest BCUT2D eigenvalue weighted by atomic mass is 32.1. The van der Waals surface area contributed by atoms with Crippen molar-refractivity contribution in [1.82, 2.24) is 24.8 Å². The Morgan fingerprint density at radius 1 is 1.27 bits per heavy atom. The standard InChI is InChI=1S/C15H18N6S/c1-10-11(2)22-15(17-10)12-4-3-7-20(8-12)14-6-5-13-18-16-9-21(13)19-14/h5-6,9,12H,3-4,7-8H2,1-2H3. The van der Waals surface area contributed by atoms with Gasteiger partial charge < -0.3 is 4.90 Å². The second-order valence-electron chi connectivity index (χ2n) is 5.80. The topological polar surface area (TPSA) is 59.2 Å². The molecule has 3 aromatic rings. The number of thiazole rings is 1. The molecule has 3 aromatic heterocycles. The van der Waals surface area contributed by atoms with Crippen LogP contribution in [0.5, 0.6) is 0 Å². The van der Waals surface area contributed by atoms with E-state index in [1.165, 1.54) is 28.4 Å². The largest absolute Gasteiger partial charge is 0.354 e. The summed E-state index contributed by atoms with van der Waals surface area (Å²) >= 11 is 1.84. The first-order valence-corrected chi connectivity index (χ1v) is 8.38. The van der Waals surface area contributed by atoms with Crippen molar-refractivity contribution in [2.45, 2.75) is 32.6 Å². The van der Waals surface area contributed by atoms with Gasteiger partial charge in [-0.05, 0) is 38.8 Å². The third-order valence-electron chi connectivity index (χ3n) is 4.29. The molecular weight excluding hydrogens is 296 g/mol. The van der Waals surface area contributed by atoms with E-state index in [2.05, 4.69) is 34.0 Å². The minimum absolute atomic E-state index is 0.504. The maximum atomic E-state index is 4.75. The average molecular weight is 314 g/mol. The number of aryl methyl sites for hydroxylation is 2. The zero-order valence-electron chi connectivity index (χ0n) is 12.7. The summed E-state index contributed by atoms with van der Waals surface area (Å²) in [5, 5.41) is 13.8. The molecule has 0 N–H and O–H groups in total. The molecule has 0 aliphatic carbocycles. The molecule has 6 nitrogen and oxygen atoms in total. The molecule has 0 bridgehead atoms. The van der Waals surface area contributed by atoms with E-state index in [0.717, 1.165) is 24.6 Å². The summed E-state index contributed by atoms with van der Waals surface area (Å²) in [5.41, 5.74) is 1.95. The van der Waals surface area contributed by atoms with Gasteiger partial charge in [-0.3, -0.25) is 0 Å². The number of anilines is 1. The molecule has 1 atom stereocenters.